The quantitative estimate of drug-likeness (QED) is 0.775. The van der Waals surface area contributed by atoms with Gasteiger partial charge in [0.05, 0.1) is 0 Å². The first kappa shape index (κ1) is 13.8. The topological polar surface area (TPSA) is 43.8 Å². The lowest BCUT2D eigenvalue weighted by molar-refractivity contribution is 0.700. The summed E-state index contributed by atoms with van der Waals surface area (Å²) >= 11 is 0. The Kier molecular flexibility index (Phi) is 4.02. The molecule has 2 aromatic heterocycles. The lowest BCUT2D eigenvalue weighted by Crippen LogP contribution is -2.02. The third-order valence-corrected chi connectivity index (χ3v) is 3.86. The fraction of sp³-hybridized carbons (Fsp3) is 0.278. The van der Waals surface area contributed by atoms with E-state index in [1.807, 2.05) is 12.4 Å². The number of rotatable bonds is 5. The summed E-state index contributed by atoms with van der Waals surface area (Å²) in [6.45, 7) is 3.94. The van der Waals surface area contributed by atoms with Gasteiger partial charge in [-0.15, -0.1) is 0 Å². The Balaban J connectivity index is 2.13. The minimum atomic E-state index is 0.692. The lowest BCUT2D eigenvalue weighted by atomic mass is 10.0. The Morgan fingerprint density at radius 3 is 2.62 bits per heavy atom. The molecule has 3 heteroatoms. The van der Waals surface area contributed by atoms with Crippen LogP contribution < -0.4 is 5.73 Å². The minimum Gasteiger partial charge on any atom is -0.347 e. The molecule has 0 aliphatic carbocycles. The van der Waals surface area contributed by atoms with Crippen molar-refractivity contribution < 1.29 is 0 Å². The SMILES string of the molecule is CCCn1cc(CCN)c2ccc(-c3ccncc3)cc21. The van der Waals surface area contributed by atoms with Crippen LogP contribution in [0.5, 0.6) is 0 Å². The number of nitrogens with zero attached hydrogens (tertiary/aromatic N) is 2. The van der Waals surface area contributed by atoms with Crippen LogP contribution >= 0.6 is 0 Å². The first-order valence-corrected chi connectivity index (χ1v) is 7.55. The van der Waals surface area contributed by atoms with Gasteiger partial charge in [0.2, 0.25) is 0 Å². The molecule has 3 aromatic rings. The summed E-state index contributed by atoms with van der Waals surface area (Å²) < 4.78 is 2.35. The summed E-state index contributed by atoms with van der Waals surface area (Å²) in [5.41, 5.74) is 10.8. The Morgan fingerprint density at radius 2 is 1.90 bits per heavy atom. The molecular weight excluding hydrogens is 258 g/mol. The molecular formula is C18H21N3. The molecule has 0 aliphatic heterocycles. The van der Waals surface area contributed by atoms with Gasteiger partial charge in [0.25, 0.3) is 0 Å². The van der Waals surface area contributed by atoms with Crippen molar-refractivity contribution in [2.45, 2.75) is 26.3 Å². The molecule has 0 bridgehead atoms. The molecule has 0 spiro atoms. The smallest absolute Gasteiger partial charge is 0.0489 e. The van der Waals surface area contributed by atoms with Gasteiger partial charge in [-0.3, -0.25) is 4.98 Å². The van der Waals surface area contributed by atoms with E-state index in [9.17, 15) is 0 Å². The normalized spacial score (nSPS) is 11.1. The largest absolute Gasteiger partial charge is 0.347 e. The highest BCUT2D eigenvalue weighted by Crippen LogP contribution is 2.28. The highest BCUT2D eigenvalue weighted by Gasteiger charge is 2.09. The van der Waals surface area contributed by atoms with Crippen molar-refractivity contribution in [1.82, 2.24) is 9.55 Å². The van der Waals surface area contributed by atoms with Crippen LogP contribution in [0.4, 0.5) is 0 Å². The van der Waals surface area contributed by atoms with Crippen molar-refractivity contribution in [3.05, 3.63) is 54.5 Å². The minimum absolute atomic E-state index is 0.692. The number of hydrogen-bond donors (Lipinski definition) is 1. The molecule has 3 rings (SSSR count). The van der Waals surface area contributed by atoms with Gasteiger partial charge in [-0.2, -0.15) is 0 Å². The van der Waals surface area contributed by atoms with E-state index in [2.05, 4.69) is 53.0 Å². The zero-order valence-corrected chi connectivity index (χ0v) is 12.4. The second-order valence-corrected chi connectivity index (χ2v) is 5.35. The highest BCUT2D eigenvalue weighted by molar-refractivity contribution is 5.88. The molecule has 0 saturated heterocycles. The van der Waals surface area contributed by atoms with E-state index < -0.39 is 0 Å². The molecule has 0 aliphatic rings. The molecule has 21 heavy (non-hydrogen) atoms. The molecule has 0 saturated carbocycles. The molecule has 1 aromatic carbocycles. The average molecular weight is 279 g/mol. The summed E-state index contributed by atoms with van der Waals surface area (Å²) in [7, 11) is 0. The first-order chi connectivity index (χ1) is 10.3. The van der Waals surface area contributed by atoms with Crippen LogP contribution in [-0.2, 0) is 13.0 Å². The molecule has 0 fully saturated rings. The standard InChI is InChI=1S/C18H21N3/c1-2-11-21-13-16(5-8-19)17-4-3-15(12-18(17)21)14-6-9-20-10-7-14/h3-4,6-7,9-10,12-13H,2,5,8,11,19H2,1H3. The Hall–Kier alpha value is -2.13. The summed E-state index contributed by atoms with van der Waals surface area (Å²) in [4.78, 5) is 4.09. The van der Waals surface area contributed by atoms with E-state index in [1.54, 1.807) is 0 Å². The van der Waals surface area contributed by atoms with Gasteiger partial charge in [-0.1, -0.05) is 19.1 Å². The number of hydrogen-bond acceptors (Lipinski definition) is 2. The Labute approximate surface area is 125 Å². The third kappa shape index (κ3) is 2.69. The van der Waals surface area contributed by atoms with Crippen LogP contribution in [0.1, 0.15) is 18.9 Å². The Morgan fingerprint density at radius 1 is 1.10 bits per heavy atom. The maximum Gasteiger partial charge on any atom is 0.0489 e. The van der Waals surface area contributed by atoms with Crippen LogP contribution in [0.2, 0.25) is 0 Å². The van der Waals surface area contributed by atoms with Gasteiger partial charge >= 0.3 is 0 Å². The number of aryl methyl sites for hydroxylation is 1. The number of aromatic nitrogens is 2. The summed E-state index contributed by atoms with van der Waals surface area (Å²) in [5.74, 6) is 0. The average Bonchev–Trinajstić information content (AvgIpc) is 2.86. The van der Waals surface area contributed by atoms with Crippen molar-refractivity contribution in [1.29, 1.82) is 0 Å². The van der Waals surface area contributed by atoms with E-state index in [0.29, 0.717) is 6.54 Å². The number of benzene rings is 1. The van der Waals surface area contributed by atoms with Gasteiger partial charge in [-0.25, -0.2) is 0 Å². The molecule has 2 N–H and O–H groups in total. The van der Waals surface area contributed by atoms with Gasteiger partial charge < -0.3 is 10.3 Å². The highest BCUT2D eigenvalue weighted by atomic mass is 15.0. The second kappa shape index (κ2) is 6.10. The predicted octanol–water partition coefficient (Wildman–Crippen LogP) is 3.61. The van der Waals surface area contributed by atoms with Crippen LogP contribution in [0, 0.1) is 0 Å². The van der Waals surface area contributed by atoms with Crippen LogP contribution in [-0.4, -0.2) is 16.1 Å². The monoisotopic (exact) mass is 279 g/mol. The fourth-order valence-electron chi connectivity index (χ4n) is 2.87. The van der Waals surface area contributed by atoms with Gasteiger partial charge in [0.15, 0.2) is 0 Å². The van der Waals surface area contributed by atoms with Gasteiger partial charge in [0, 0.05) is 36.0 Å². The molecule has 3 nitrogen and oxygen atoms in total. The lowest BCUT2D eigenvalue weighted by Gasteiger charge is -2.06. The van der Waals surface area contributed by atoms with Crippen LogP contribution in [0.3, 0.4) is 0 Å². The van der Waals surface area contributed by atoms with E-state index in [-0.39, 0.29) is 0 Å². The maximum absolute atomic E-state index is 5.74. The summed E-state index contributed by atoms with van der Waals surface area (Å²) in [6, 6.07) is 10.8. The molecule has 0 amide bonds. The van der Waals surface area contributed by atoms with Crippen molar-refractivity contribution in [3.8, 4) is 11.1 Å². The number of pyridine rings is 1. The van der Waals surface area contributed by atoms with Gasteiger partial charge in [-0.05, 0) is 54.3 Å². The third-order valence-electron chi connectivity index (χ3n) is 3.86. The van der Waals surface area contributed by atoms with E-state index in [4.69, 9.17) is 5.73 Å². The predicted molar refractivity (Wildman–Crippen MR) is 88.2 cm³/mol. The second-order valence-electron chi connectivity index (χ2n) is 5.35. The van der Waals surface area contributed by atoms with E-state index >= 15 is 0 Å². The van der Waals surface area contributed by atoms with E-state index in [1.165, 1.54) is 27.6 Å². The van der Waals surface area contributed by atoms with Crippen molar-refractivity contribution in [2.75, 3.05) is 6.54 Å². The van der Waals surface area contributed by atoms with Gasteiger partial charge in [0.1, 0.15) is 0 Å². The zero-order valence-electron chi connectivity index (χ0n) is 12.4. The molecule has 0 radical (unpaired) electrons. The van der Waals surface area contributed by atoms with Crippen molar-refractivity contribution in [3.63, 3.8) is 0 Å². The van der Waals surface area contributed by atoms with E-state index in [0.717, 1.165) is 19.4 Å². The first-order valence-electron chi connectivity index (χ1n) is 7.55. The zero-order chi connectivity index (χ0) is 14.7. The Bertz CT molecular complexity index is 729. The molecule has 2 heterocycles. The van der Waals surface area contributed by atoms with Crippen molar-refractivity contribution >= 4 is 10.9 Å². The summed E-state index contributed by atoms with van der Waals surface area (Å²) in [6.07, 6.45) is 8.00. The number of fused-ring (bicyclic) bond motifs is 1. The summed E-state index contributed by atoms with van der Waals surface area (Å²) in [5, 5.41) is 1.33. The van der Waals surface area contributed by atoms with Crippen LogP contribution in [0.25, 0.3) is 22.0 Å². The van der Waals surface area contributed by atoms with Crippen molar-refractivity contribution in [2.24, 2.45) is 5.73 Å². The molecule has 0 atom stereocenters. The molecule has 108 valence electrons. The maximum atomic E-state index is 5.74. The fourth-order valence-corrected chi connectivity index (χ4v) is 2.87. The number of nitrogens with two attached hydrogens (primary N) is 1. The van der Waals surface area contributed by atoms with Crippen LogP contribution in [0.15, 0.2) is 48.9 Å². The molecule has 0 unspecified atom stereocenters.